The molecule has 1 fully saturated rings. The first-order valence-electron chi connectivity index (χ1n) is 8.73. The SMILES string of the molecule is C[S+](=O)(O)C1CCCN(c2ccnc(-c3cnc4cnc(C(F)F)cn34)n2)C1. The fourth-order valence-corrected chi connectivity index (χ4v) is 4.39. The molecule has 1 saturated heterocycles. The van der Waals surface area contributed by atoms with Gasteiger partial charge in [0.2, 0.25) is 10.2 Å². The lowest BCUT2D eigenvalue weighted by Crippen LogP contribution is -2.44. The third kappa shape index (κ3) is 3.59. The number of piperidine rings is 1. The Hall–Kier alpha value is -2.53. The topological polar surface area (TPSA) is 96.5 Å². The van der Waals surface area contributed by atoms with Crippen molar-refractivity contribution in [2.75, 3.05) is 24.2 Å². The molecule has 3 aromatic heterocycles. The molecule has 0 aliphatic carbocycles. The van der Waals surface area contributed by atoms with Crippen molar-refractivity contribution in [1.82, 2.24) is 24.3 Å². The molecule has 4 heterocycles. The van der Waals surface area contributed by atoms with E-state index in [4.69, 9.17) is 0 Å². The molecule has 28 heavy (non-hydrogen) atoms. The van der Waals surface area contributed by atoms with E-state index in [1.807, 2.05) is 4.90 Å². The van der Waals surface area contributed by atoms with Gasteiger partial charge in [-0.3, -0.25) is 4.40 Å². The molecule has 0 saturated carbocycles. The van der Waals surface area contributed by atoms with Crippen LogP contribution in [0.2, 0.25) is 0 Å². The zero-order valence-corrected chi connectivity index (χ0v) is 15.9. The molecule has 0 bridgehead atoms. The van der Waals surface area contributed by atoms with Gasteiger partial charge in [0.05, 0.1) is 18.9 Å². The molecule has 8 nitrogen and oxygen atoms in total. The highest BCUT2D eigenvalue weighted by molar-refractivity contribution is 7.97. The minimum Gasteiger partial charge on any atom is -0.351 e. The summed E-state index contributed by atoms with van der Waals surface area (Å²) in [4.78, 5) is 18.6. The fraction of sp³-hybridized carbons (Fsp3) is 0.412. The number of nitrogens with zero attached hydrogens (tertiary/aromatic N) is 6. The van der Waals surface area contributed by atoms with Gasteiger partial charge < -0.3 is 4.90 Å². The molecule has 4 rings (SSSR count). The third-order valence-electron chi connectivity index (χ3n) is 4.83. The van der Waals surface area contributed by atoms with Crippen molar-refractivity contribution in [3.05, 3.63) is 36.5 Å². The molecule has 2 unspecified atom stereocenters. The van der Waals surface area contributed by atoms with Crippen LogP contribution < -0.4 is 4.90 Å². The first-order valence-corrected chi connectivity index (χ1v) is 10.7. The van der Waals surface area contributed by atoms with Crippen molar-refractivity contribution >= 4 is 21.7 Å². The Morgan fingerprint density at radius 1 is 1.29 bits per heavy atom. The van der Waals surface area contributed by atoms with Crippen molar-refractivity contribution in [2.45, 2.75) is 24.5 Å². The second kappa shape index (κ2) is 7.13. The molecule has 11 heteroatoms. The number of fused-ring (bicyclic) bond motifs is 1. The van der Waals surface area contributed by atoms with Crippen LogP contribution in [0.15, 0.2) is 30.9 Å². The van der Waals surface area contributed by atoms with Gasteiger partial charge in [-0.15, -0.1) is 0 Å². The van der Waals surface area contributed by atoms with Crippen molar-refractivity contribution in [3.63, 3.8) is 0 Å². The normalized spacial score (nSPS) is 19.9. The lowest BCUT2D eigenvalue weighted by atomic mass is 10.1. The highest BCUT2D eigenvalue weighted by atomic mass is 32.3. The summed E-state index contributed by atoms with van der Waals surface area (Å²) in [5.41, 5.74) is 0.524. The maximum Gasteiger partial charge on any atom is 0.281 e. The van der Waals surface area contributed by atoms with Gasteiger partial charge in [0.25, 0.3) is 6.43 Å². The van der Waals surface area contributed by atoms with Crippen LogP contribution >= 0.6 is 0 Å². The molecule has 3 aromatic rings. The zero-order valence-electron chi connectivity index (χ0n) is 15.1. The van der Waals surface area contributed by atoms with Gasteiger partial charge in [-0.25, -0.2) is 28.7 Å². The number of imidazole rings is 1. The largest absolute Gasteiger partial charge is 0.351 e. The van der Waals surface area contributed by atoms with E-state index in [0.29, 0.717) is 35.9 Å². The minimum absolute atomic E-state index is 0.324. The Labute approximate surface area is 160 Å². The number of alkyl halides is 2. The molecule has 1 aliphatic rings. The van der Waals surface area contributed by atoms with Crippen LogP contribution in [0.5, 0.6) is 0 Å². The Balaban J connectivity index is 1.69. The number of aromatic nitrogens is 5. The molecular formula is C17H19F2N6O2S+. The molecule has 1 aliphatic heterocycles. The Kier molecular flexibility index (Phi) is 4.79. The summed E-state index contributed by atoms with van der Waals surface area (Å²) in [6, 6.07) is 1.73. The standard InChI is InChI=1S/C17H18F2N6O2S/c1-28(26,27)11-3-2-6-24(9-11)14-4-5-20-17(23-14)13-7-22-15-8-21-12(16(18)19)10-25(13)15/h4-5,7-8,10-11,16H,2-3,6,9H2,1H3/p+1. The first kappa shape index (κ1) is 18.8. The highest BCUT2D eigenvalue weighted by Gasteiger charge is 2.36. The van der Waals surface area contributed by atoms with Gasteiger partial charge in [-0.1, -0.05) is 4.21 Å². The monoisotopic (exact) mass is 409 g/mol. The quantitative estimate of drug-likeness (QED) is 0.662. The van der Waals surface area contributed by atoms with Crippen LogP contribution in [-0.4, -0.2) is 53.5 Å². The maximum absolute atomic E-state index is 13.0. The van der Waals surface area contributed by atoms with Gasteiger partial charge in [-0.2, -0.15) is 4.55 Å². The average molecular weight is 409 g/mol. The summed E-state index contributed by atoms with van der Waals surface area (Å²) in [5.74, 6) is 0.955. The molecule has 0 aromatic carbocycles. The van der Waals surface area contributed by atoms with Crippen LogP contribution in [0.25, 0.3) is 17.2 Å². The van der Waals surface area contributed by atoms with Gasteiger partial charge in [0, 0.05) is 25.4 Å². The van der Waals surface area contributed by atoms with E-state index in [9.17, 15) is 17.5 Å². The molecule has 0 radical (unpaired) electrons. The predicted molar refractivity (Wildman–Crippen MR) is 101 cm³/mol. The van der Waals surface area contributed by atoms with E-state index in [-0.39, 0.29) is 10.9 Å². The van der Waals surface area contributed by atoms with Crippen LogP contribution in [0, 0.1) is 0 Å². The Morgan fingerprint density at radius 3 is 2.86 bits per heavy atom. The van der Waals surface area contributed by atoms with E-state index >= 15 is 0 Å². The number of halogens is 2. The maximum atomic E-state index is 13.0. The Morgan fingerprint density at radius 2 is 2.11 bits per heavy atom. The third-order valence-corrected chi connectivity index (χ3v) is 6.45. The van der Waals surface area contributed by atoms with Crippen molar-refractivity contribution in [1.29, 1.82) is 0 Å². The number of anilines is 1. The first-order chi connectivity index (χ1) is 13.3. The van der Waals surface area contributed by atoms with Crippen molar-refractivity contribution < 1.29 is 17.5 Å². The second-order valence-electron chi connectivity index (χ2n) is 6.79. The second-order valence-corrected chi connectivity index (χ2v) is 9.18. The van der Waals surface area contributed by atoms with Gasteiger partial charge in [-0.05, 0) is 12.5 Å². The predicted octanol–water partition coefficient (Wildman–Crippen LogP) is 2.70. The molecule has 0 spiro atoms. The van der Waals surface area contributed by atoms with E-state index in [2.05, 4.69) is 19.9 Å². The molecule has 0 amide bonds. The summed E-state index contributed by atoms with van der Waals surface area (Å²) in [7, 11) is -2.89. The Bertz CT molecular complexity index is 1050. The smallest absolute Gasteiger partial charge is 0.281 e. The summed E-state index contributed by atoms with van der Waals surface area (Å²) < 4.78 is 49.4. The lowest BCUT2D eigenvalue weighted by Gasteiger charge is -2.31. The highest BCUT2D eigenvalue weighted by Crippen LogP contribution is 2.26. The van der Waals surface area contributed by atoms with Crippen LogP contribution in [-0.2, 0) is 14.4 Å². The minimum atomic E-state index is -2.89. The number of rotatable bonds is 4. The number of hydrogen-bond acceptors (Lipinski definition) is 6. The van der Waals surface area contributed by atoms with Gasteiger partial charge in [0.1, 0.15) is 23.5 Å². The molecule has 2 atom stereocenters. The zero-order chi connectivity index (χ0) is 19.9. The fourth-order valence-electron chi connectivity index (χ4n) is 3.33. The van der Waals surface area contributed by atoms with Crippen LogP contribution in [0.4, 0.5) is 14.6 Å². The number of hydrogen-bond donors (Lipinski definition) is 1. The van der Waals surface area contributed by atoms with Crippen LogP contribution in [0.3, 0.4) is 0 Å². The molecule has 1 N–H and O–H groups in total. The molecular weight excluding hydrogens is 390 g/mol. The summed E-state index contributed by atoms with van der Waals surface area (Å²) >= 11 is 0. The van der Waals surface area contributed by atoms with Crippen molar-refractivity contribution in [2.24, 2.45) is 0 Å². The summed E-state index contributed by atoms with van der Waals surface area (Å²) in [6.07, 6.45) is 5.75. The van der Waals surface area contributed by atoms with E-state index in [1.54, 1.807) is 12.3 Å². The molecule has 148 valence electrons. The average Bonchev–Trinajstić information content (AvgIpc) is 3.11. The van der Waals surface area contributed by atoms with Gasteiger partial charge >= 0.3 is 0 Å². The van der Waals surface area contributed by atoms with E-state index in [0.717, 1.165) is 13.0 Å². The van der Waals surface area contributed by atoms with Crippen LogP contribution in [0.1, 0.15) is 25.0 Å². The van der Waals surface area contributed by atoms with E-state index in [1.165, 1.54) is 29.2 Å². The van der Waals surface area contributed by atoms with Gasteiger partial charge in [0.15, 0.2) is 16.7 Å². The summed E-state index contributed by atoms with van der Waals surface area (Å²) in [6.45, 7) is 1.14. The van der Waals surface area contributed by atoms with E-state index < -0.39 is 16.6 Å². The summed E-state index contributed by atoms with van der Waals surface area (Å²) in [5, 5.41) is -0.324. The lowest BCUT2D eigenvalue weighted by molar-refractivity contribution is 0.145. The van der Waals surface area contributed by atoms with Crippen molar-refractivity contribution in [3.8, 4) is 11.5 Å².